The molecular weight excluding hydrogens is 447 g/mol. The summed E-state index contributed by atoms with van der Waals surface area (Å²) < 4.78 is 18.9. The Bertz CT molecular complexity index is 1130. The SMILES string of the molecule is CC(=O)OCC(=O)NCc1cnc(-c2ccc(NCC3(c4ncccc4F)CCC3)nn2)s1. The van der Waals surface area contributed by atoms with E-state index < -0.39 is 5.97 Å². The van der Waals surface area contributed by atoms with Crippen molar-refractivity contribution in [3.8, 4) is 10.7 Å². The van der Waals surface area contributed by atoms with Crippen LogP contribution in [0.15, 0.2) is 36.7 Å². The third-order valence-corrected chi connectivity index (χ3v) is 6.50. The number of anilines is 1. The van der Waals surface area contributed by atoms with Gasteiger partial charge in [-0.25, -0.2) is 9.37 Å². The molecular formula is C22H23FN6O3S. The molecule has 0 unspecified atom stereocenters. The predicted molar refractivity (Wildman–Crippen MR) is 120 cm³/mol. The van der Waals surface area contributed by atoms with Gasteiger partial charge in [0.25, 0.3) is 5.91 Å². The van der Waals surface area contributed by atoms with Gasteiger partial charge in [-0.15, -0.1) is 21.5 Å². The number of nitrogens with zero attached hydrogens (tertiary/aromatic N) is 4. The summed E-state index contributed by atoms with van der Waals surface area (Å²) in [5.74, 6) is -0.572. The monoisotopic (exact) mass is 470 g/mol. The Labute approximate surface area is 193 Å². The summed E-state index contributed by atoms with van der Waals surface area (Å²) in [4.78, 5) is 31.8. The van der Waals surface area contributed by atoms with E-state index in [0.717, 1.165) is 24.1 Å². The van der Waals surface area contributed by atoms with Crippen molar-refractivity contribution in [3.05, 3.63) is 53.0 Å². The molecule has 0 atom stereocenters. The summed E-state index contributed by atoms with van der Waals surface area (Å²) in [6.07, 6.45) is 6.07. The van der Waals surface area contributed by atoms with Crippen LogP contribution in [0.1, 0.15) is 36.8 Å². The number of hydrogen-bond donors (Lipinski definition) is 2. The van der Waals surface area contributed by atoms with Gasteiger partial charge in [0.2, 0.25) is 0 Å². The molecule has 3 aromatic heterocycles. The van der Waals surface area contributed by atoms with Crippen molar-refractivity contribution < 1.29 is 18.7 Å². The molecule has 172 valence electrons. The van der Waals surface area contributed by atoms with Crippen molar-refractivity contribution in [2.45, 2.75) is 38.1 Å². The zero-order valence-corrected chi connectivity index (χ0v) is 18.8. The van der Waals surface area contributed by atoms with Crippen LogP contribution < -0.4 is 10.6 Å². The molecule has 1 aliphatic rings. The van der Waals surface area contributed by atoms with Gasteiger partial charge in [0.1, 0.15) is 22.3 Å². The molecule has 3 aromatic rings. The first-order valence-corrected chi connectivity index (χ1v) is 11.3. The first-order valence-electron chi connectivity index (χ1n) is 10.5. The van der Waals surface area contributed by atoms with Gasteiger partial charge in [0.15, 0.2) is 6.61 Å². The summed E-state index contributed by atoms with van der Waals surface area (Å²) in [6, 6.07) is 6.67. The fourth-order valence-corrected chi connectivity index (χ4v) is 4.41. The second kappa shape index (κ2) is 9.99. The lowest BCUT2D eigenvalue weighted by atomic mass is 9.66. The van der Waals surface area contributed by atoms with Gasteiger partial charge in [0.05, 0.1) is 12.2 Å². The Morgan fingerprint density at radius 3 is 2.73 bits per heavy atom. The lowest BCUT2D eigenvalue weighted by Gasteiger charge is -2.41. The highest BCUT2D eigenvalue weighted by Gasteiger charge is 2.41. The predicted octanol–water partition coefficient (Wildman–Crippen LogP) is 2.85. The number of halogens is 1. The van der Waals surface area contributed by atoms with Gasteiger partial charge < -0.3 is 15.4 Å². The molecule has 2 N–H and O–H groups in total. The summed E-state index contributed by atoms with van der Waals surface area (Å²) in [6.45, 7) is 1.74. The highest BCUT2D eigenvalue weighted by atomic mass is 32.1. The lowest BCUT2D eigenvalue weighted by Crippen LogP contribution is -2.42. The van der Waals surface area contributed by atoms with E-state index in [4.69, 9.17) is 0 Å². The number of hydrogen-bond acceptors (Lipinski definition) is 9. The number of esters is 1. The van der Waals surface area contributed by atoms with Crippen molar-refractivity contribution in [2.75, 3.05) is 18.5 Å². The van der Waals surface area contributed by atoms with Crippen LogP contribution in [0.25, 0.3) is 10.7 Å². The summed E-state index contributed by atoms with van der Waals surface area (Å²) in [5, 5.41) is 15.1. The lowest BCUT2D eigenvalue weighted by molar-refractivity contribution is -0.146. The maximum Gasteiger partial charge on any atom is 0.303 e. The molecule has 11 heteroatoms. The average Bonchev–Trinajstić information content (AvgIpc) is 3.26. The van der Waals surface area contributed by atoms with E-state index in [2.05, 4.69) is 35.5 Å². The minimum Gasteiger partial charge on any atom is -0.456 e. The maximum atomic E-state index is 14.3. The molecule has 1 aliphatic carbocycles. The van der Waals surface area contributed by atoms with Crippen LogP contribution in [0.3, 0.4) is 0 Å². The minimum absolute atomic E-state index is 0.275. The number of thiazole rings is 1. The molecule has 33 heavy (non-hydrogen) atoms. The van der Waals surface area contributed by atoms with E-state index in [1.165, 1.54) is 24.3 Å². The van der Waals surface area contributed by atoms with E-state index in [9.17, 15) is 14.0 Å². The maximum absolute atomic E-state index is 14.3. The summed E-state index contributed by atoms with van der Waals surface area (Å²) in [5.41, 5.74) is 0.788. The molecule has 0 spiro atoms. The minimum atomic E-state index is -0.506. The fourth-order valence-electron chi connectivity index (χ4n) is 3.59. The zero-order chi connectivity index (χ0) is 23.3. The quantitative estimate of drug-likeness (QED) is 0.458. The average molecular weight is 471 g/mol. The van der Waals surface area contributed by atoms with Gasteiger partial charge in [-0.05, 0) is 37.1 Å². The van der Waals surface area contributed by atoms with Crippen LogP contribution in [-0.2, 0) is 26.3 Å². The number of carbonyl (C=O) groups is 2. The Morgan fingerprint density at radius 1 is 1.21 bits per heavy atom. The molecule has 4 rings (SSSR count). The molecule has 3 heterocycles. The van der Waals surface area contributed by atoms with E-state index in [-0.39, 0.29) is 30.3 Å². The Hall–Kier alpha value is -3.47. The molecule has 0 aliphatic heterocycles. The van der Waals surface area contributed by atoms with E-state index in [1.807, 2.05) is 12.1 Å². The number of nitrogens with one attached hydrogen (secondary N) is 2. The van der Waals surface area contributed by atoms with Crippen molar-refractivity contribution in [1.29, 1.82) is 0 Å². The van der Waals surface area contributed by atoms with Gasteiger partial charge in [-0.2, -0.15) is 0 Å². The topological polar surface area (TPSA) is 119 Å². The van der Waals surface area contributed by atoms with Crippen LogP contribution in [0.5, 0.6) is 0 Å². The second-order valence-electron chi connectivity index (χ2n) is 7.81. The van der Waals surface area contributed by atoms with Crippen LogP contribution in [0, 0.1) is 5.82 Å². The zero-order valence-electron chi connectivity index (χ0n) is 18.0. The molecule has 0 bridgehead atoms. The number of pyridine rings is 1. The number of carbonyl (C=O) groups excluding carboxylic acids is 2. The highest BCUT2D eigenvalue weighted by Crippen LogP contribution is 2.43. The molecule has 0 saturated heterocycles. The van der Waals surface area contributed by atoms with E-state index in [0.29, 0.717) is 28.8 Å². The van der Waals surface area contributed by atoms with Crippen LogP contribution in [0.4, 0.5) is 10.2 Å². The van der Waals surface area contributed by atoms with Gasteiger partial charge in [-0.3, -0.25) is 14.6 Å². The van der Waals surface area contributed by atoms with Crippen molar-refractivity contribution in [2.24, 2.45) is 0 Å². The van der Waals surface area contributed by atoms with Gasteiger partial charge in [0, 0.05) is 36.2 Å². The molecule has 1 fully saturated rings. The first-order chi connectivity index (χ1) is 15.9. The number of rotatable bonds is 9. The smallest absolute Gasteiger partial charge is 0.303 e. The summed E-state index contributed by atoms with van der Waals surface area (Å²) >= 11 is 1.38. The van der Waals surface area contributed by atoms with Crippen molar-refractivity contribution >= 4 is 29.0 Å². The molecule has 1 amide bonds. The third-order valence-electron chi connectivity index (χ3n) is 5.48. The Morgan fingerprint density at radius 2 is 2.06 bits per heavy atom. The third kappa shape index (κ3) is 5.48. The van der Waals surface area contributed by atoms with Crippen molar-refractivity contribution in [3.63, 3.8) is 0 Å². The number of aromatic nitrogens is 4. The molecule has 9 nitrogen and oxygen atoms in total. The van der Waals surface area contributed by atoms with Crippen LogP contribution in [0.2, 0.25) is 0 Å². The highest BCUT2D eigenvalue weighted by molar-refractivity contribution is 7.15. The van der Waals surface area contributed by atoms with Gasteiger partial charge >= 0.3 is 5.97 Å². The van der Waals surface area contributed by atoms with Gasteiger partial charge in [-0.1, -0.05) is 6.42 Å². The Balaban J connectivity index is 1.33. The molecule has 0 aromatic carbocycles. The van der Waals surface area contributed by atoms with Crippen molar-refractivity contribution in [1.82, 2.24) is 25.5 Å². The number of ether oxygens (including phenoxy) is 1. The first kappa shape index (κ1) is 22.7. The largest absolute Gasteiger partial charge is 0.456 e. The van der Waals surface area contributed by atoms with E-state index in [1.54, 1.807) is 18.5 Å². The molecule has 1 saturated carbocycles. The van der Waals surface area contributed by atoms with Crippen LogP contribution in [-0.4, -0.2) is 45.2 Å². The standard InChI is InChI=1S/C22H23FN6O3S/c1-14(30)32-12-19(31)25-10-15-11-26-21(33-15)17-5-6-18(29-28-17)27-13-22(7-3-8-22)20-16(23)4-2-9-24-20/h2,4-6,9,11H,3,7-8,10,12-13H2,1H3,(H,25,31)(H,27,29). The molecule has 0 radical (unpaired) electrons. The number of amides is 1. The normalized spacial score (nSPS) is 14.2. The van der Waals surface area contributed by atoms with Crippen LogP contribution >= 0.6 is 11.3 Å². The van der Waals surface area contributed by atoms with E-state index >= 15 is 0 Å². The fraction of sp³-hybridized carbons (Fsp3) is 0.364. The summed E-state index contributed by atoms with van der Waals surface area (Å²) in [7, 11) is 0. The second-order valence-corrected chi connectivity index (χ2v) is 8.93. The Kier molecular flexibility index (Phi) is 6.87.